The van der Waals surface area contributed by atoms with Crippen LogP contribution in [0.5, 0.6) is 5.75 Å². The van der Waals surface area contributed by atoms with E-state index in [2.05, 4.69) is 58.5 Å². The van der Waals surface area contributed by atoms with Gasteiger partial charge < -0.3 is 35.2 Å². The summed E-state index contributed by atoms with van der Waals surface area (Å²) in [6, 6.07) is 20.8. The number of halogens is 1. The zero-order valence-corrected chi connectivity index (χ0v) is 33.2. The number of ether oxygens (including phenoxy) is 2. The van der Waals surface area contributed by atoms with Crippen molar-refractivity contribution >= 4 is 75.6 Å². The molecule has 4 aromatic rings. The summed E-state index contributed by atoms with van der Waals surface area (Å²) in [5.74, 6) is 1.27. The Bertz CT molecular complexity index is 2120. The average Bonchev–Trinajstić information content (AvgIpc) is 3.24. The van der Waals surface area contributed by atoms with Crippen LogP contribution < -0.4 is 36.2 Å². The number of rotatable bonds is 12. The quantitative estimate of drug-likeness (QED) is 0.113. The van der Waals surface area contributed by atoms with E-state index in [9.17, 15) is 19.2 Å². The molecule has 304 valence electrons. The lowest BCUT2D eigenvalue weighted by Gasteiger charge is -2.38. The van der Waals surface area contributed by atoms with Gasteiger partial charge in [-0.05, 0) is 80.2 Å². The number of benzene rings is 3. The molecule has 3 fully saturated rings. The molecular formula is C41H47ClN10O6. The van der Waals surface area contributed by atoms with Crippen molar-refractivity contribution in [1.82, 2.24) is 25.1 Å². The summed E-state index contributed by atoms with van der Waals surface area (Å²) in [5, 5.41) is 14.9. The zero-order valence-electron chi connectivity index (χ0n) is 32.4. The Balaban J connectivity index is 0.876. The molecule has 3 saturated heterocycles. The fourth-order valence-electron chi connectivity index (χ4n) is 7.42. The normalized spacial score (nSPS) is 17.6. The number of aromatic nitrogens is 2. The van der Waals surface area contributed by atoms with E-state index in [0.717, 1.165) is 37.3 Å². The van der Waals surface area contributed by atoms with E-state index in [1.54, 1.807) is 25.3 Å². The molecule has 17 heteroatoms. The van der Waals surface area contributed by atoms with Crippen LogP contribution in [0.3, 0.4) is 0 Å². The number of para-hydroxylation sites is 2. The monoisotopic (exact) mass is 810 g/mol. The van der Waals surface area contributed by atoms with E-state index in [0.29, 0.717) is 80.1 Å². The smallest absolute Gasteiger partial charge is 0.411 e. The summed E-state index contributed by atoms with van der Waals surface area (Å²) in [5.41, 5.74) is 4.80. The highest BCUT2D eigenvalue weighted by molar-refractivity contribution is 6.33. The number of carbonyl (C=O) groups excluding carboxylic acids is 4. The van der Waals surface area contributed by atoms with E-state index in [1.807, 2.05) is 41.3 Å². The van der Waals surface area contributed by atoms with Crippen molar-refractivity contribution < 1.29 is 28.7 Å². The topological polar surface area (TPSA) is 182 Å². The third-order valence-electron chi connectivity index (χ3n) is 10.7. The second-order valence-corrected chi connectivity index (χ2v) is 14.8. The highest BCUT2D eigenvalue weighted by Crippen LogP contribution is 2.34. The van der Waals surface area contributed by atoms with Crippen molar-refractivity contribution in [1.29, 1.82) is 0 Å². The number of anilines is 7. The van der Waals surface area contributed by atoms with Crippen LogP contribution in [0.25, 0.3) is 0 Å². The van der Waals surface area contributed by atoms with Gasteiger partial charge in [0.15, 0.2) is 5.82 Å². The third kappa shape index (κ3) is 9.87. The molecule has 3 aliphatic heterocycles. The molecule has 1 atom stereocenters. The summed E-state index contributed by atoms with van der Waals surface area (Å²) in [7, 11) is 2.89. The Morgan fingerprint density at radius 1 is 0.879 bits per heavy atom. The van der Waals surface area contributed by atoms with Gasteiger partial charge >= 0.3 is 6.09 Å². The van der Waals surface area contributed by atoms with Gasteiger partial charge in [-0.3, -0.25) is 29.9 Å². The molecular weight excluding hydrogens is 764 g/mol. The lowest BCUT2D eigenvalue weighted by molar-refractivity contribution is -0.134. The Hall–Kier alpha value is -6.13. The van der Waals surface area contributed by atoms with Gasteiger partial charge in [0.1, 0.15) is 16.8 Å². The highest BCUT2D eigenvalue weighted by Gasteiger charge is 2.28. The van der Waals surface area contributed by atoms with E-state index < -0.39 is 12.1 Å². The molecule has 3 aliphatic rings. The minimum atomic E-state index is -0.607. The molecule has 7 rings (SSSR count). The molecule has 16 nitrogen and oxygen atoms in total. The summed E-state index contributed by atoms with van der Waals surface area (Å²) >= 11 is 6.44. The lowest BCUT2D eigenvalue weighted by Crippen LogP contribution is -2.51. The molecule has 0 saturated carbocycles. The number of likely N-dealkylation sites (tertiary alicyclic amines) is 1. The van der Waals surface area contributed by atoms with Gasteiger partial charge in [0, 0.05) is 50.0 Å². The summed E-state index contributed by atoms with van der Waals surface area (Å²) in [4.78, 5) is 64.1. The number of hydrogen-bond acceptors (Lipinski definition) is 13. The second kappa shape index (κ2) is 18.4. The van der Waals surface area contributed by atoms with Gasteiger partial charge in [0.05, 0.1) is 44.0 Å². The number of methoxy groups -OCH3 is 2. The van der Waals surface area contributed by atoms with Gasteiger partial charge in [-0.1, -0.05) is 35.9 Å². The predicted molar refractivity (Wildman–Crippen MR) is 223 cm³/mol. The van der Waals surface area contributed by atoms with E-state index in [1.165, 1.54) is 18.9 Å². The van der Waals surface area contributed by atoms with Crippen LogP contribution in [-0.2, 0) is 19.1 Å². The van der Waals surface area contributed by atoms with Crippen molar-refractivity contribution in [3.8, 4) is 5.75 Å². The van der Waals surface area contributed by atoms with Crippen LogP contribution in [0.15, 0.2) is 72.9 Å². The van der Waals surface area contributed by atoms with Crippen molar-refractivity contribution in [3.05, 3.63) is 83.5 Å². The molecule has 4 heterocycles. The van der Waals surface area contributed by atoms with E-state index in [-0.39, 0.29) is 28.7 Å². The number of imide groups is 1. The minimum Gasteiger partial charge on any atom is -0.494 e. The molecule has 4 amide bonds. The molecule has 58 heavy (non-hydrogen) atoms. The van der Waals surface area contributed by atoms with Crippen LogP contribution >= 0.6 is 11.6 Å². The molecule has 0 radical (unpaired) electrons. The van der Waals surface area contributed by atoms with Crippen LogP contribution in [0.1, 0.15) is 37.2 Å². The van der Waals surface area contributed by atoms with Crippen molar-refractivity contribution in [2.24, 2.45) is 0 Å². The maximum Gasteiger partial charge on any atom is 0.411 e. The summed E-state index contributed by atoms with van der Waals surface area (Å²) < 4.78 is 10.5. The minimum absolute atomic E-state index is 0.152. The molecule has 0 aliphatic carbocycles. The maximum absolute atomic E-state index is 13.4. The maximum atomic E-state index is 13.4. The Morgan fingerprint density at radius 3 is 2.33 bits per heavy atom. The highest BCUT2D eigenvalue weighted by atomic mass is 35.5. The third-order valence-corrected chi connectivity index (χ3v) is 11.0. The largest absolute Gasteiger partial charge is 0.494 e. The molecule has 0 bridgehead atoms. The number of amides is 4. The first-order valence-electron chi connectivity index (χ1n) is 19.3. The predicted octanol–water partition coefficient (Wildman–Crippen LogP) is 5.55. The molecule has 3 aromatic carbocycles. The standard InChI is InChI=1S/C41H47ClN10O6/c1-57-35-23-29(11-12-33(35)46-40-43-24-30(42)38(49-40)45-31-5-3-4-6-32(31)47-41(56)58-2)51-19-21-52(22-20-51)37(54)25-50-17-15-27(16-18-50)26-7-9-28(10-8-26)44-34-13-14-36(53)48-39(34)55/h3-12,23-24,27,34,44H,13-22,25H2,1-2H3,(H,47,56)(H,48,53,55)(H2,43,45,46,49). The average molecular weight is 811 g/mol. The molecule has 5 N–H and O–H groups in total. The van der Waals surface area contributed by atoms with Crippen LogP contribution in [-0.4, -0.2) is 110 Å². The number of nitrogens with one attached hydrogen (secondary N) is 5. The fourth-order valence-corrected chi connectivity index (χ4v) is 7.56. The first kappa shape index (κ1) is 40.1. The Labute approximate surface area is 341 Å². The van der Waals surface area contributed by atoms with Crippen molar-refractivity contribution in [3.63, 3.8) is 0 Å². The Morgan fingerprint density at radius 2 is 1.62 bits per heavy atom. The van der Waals surface area contributed by atoms with Crippen molar-refractivity contribution in [2.75, 3.05) is 86.2 Å². The Kier molecular flexibility index (Phi) is 12.7. The van der Waals surface area contributed by atoms with Gasteiger partial charge in [0.2, 0.25) is 23.7 Å². The second-order valence-electron chi connectivity index (χ2n) is 14.4. The van der Waals surface area contributed by atoms with E-state index >= 15 is 0 Å². The van der Waals surface area contributed by atoms with Crippen molar-refractivity contribution in [2.45, 2.75) is 37.6 Å². The summed E-state index contributed by atoms with van der Waals surface area (Å²) in [6.07, 6.45) is 3.65. The van der Waals surface area contributed by atoms with Crippen LogP contribution in [0, 0.1) is 0 Å². The van der Waals surface area contributed by atoms with Gasteiger partial charge in [-0.2, -0.15) is 4.98 Å². The first-order chi connectivity index (χ1) is 28.1. The van der Waals surface area contributed by atoms with Gasteiger partial charge in [-0.25, -0.2) is 9.78 Å². The SMILES string of the molecule is COC(=O)Nc1ccccc1Nc1nc(Nc2ccc(N3CCN(C(=O)CN4CCC(c5ccc(NC6CCC(=O)NC6=O)cc5)CC4)CC3)cc2OC)ncc1Cl. The van der Waals surface area contributed by atoms with Gasteiger partial charge in [0.25, 0.3) is 0 Å². The summed E-state index contributed by atoms with van der Waals surface area (Å²) in [6.45, 7) is 4.77. The van der Waals surface area contributed by atoms with Crippen LogP contribution in [0.4, 0.5) is 45.0 Å². The first-order valence-corrected chi connectivity index (χ1v) is 19.7. The number of carbonyl (C=O) groups is 4. The molecule has 1 unspecified atom stereocenters. The zero-order chi connectivity index (χ0) is 40.6. The fraction of sp³-hybridized carbons (Fsp3) is 0.366. The van der Waals surface area contributed by atoms with Gasteiger partial charge in [-0.15, -0.1) is 0 Å². The molecule has 1 aromatic heterocycles. The lowest BCUT2D eigenvalue weighted by atomic mass is 9.89. The van der Waals surface area contributed by atoms with Crippen LogP contribution in [0.2, 0.25) is 5.02 Å². The molecule has 0 spiro atoms. The number of piperidine rings is 2. The number of nitrogens with zero attached hydrogens (tertiary/aromatic N) is 5. The number of piperazine rings is 1. The van der Waals surface area contributed by atoms with E-state index in [4.69, 9.17) is 21.1 Å². The number of hydrogen-bond donors (Lipinski definition) is 5.